The molecule has 0 aliphatic carbocycles. The van der Waals surface area contributed by atoms with Crippen LogP contribution in [0.5, 0.6) is 0 Å². The molecular weight excluding hydrogens is 306 g/mol. The van der Waals surface area contributed by atoms with Gasteiger partial charge < -0.3 is 0 Å². The topological polar surface area (TPSA) is 82.9 Å². The standard InChI is InChI=1S/C14H15N3O2S2/c1-9-6-14(11(3)20-9)10(2)17-21(18,19)13-5-4-12(7-15)16-8-13/h4-6,8,10,17H,1-3H3. The maximum Gasteiger partial charge on any atom is 0.242 e. The quantitative estimate of drug-likeness (QED) is 0.938. The van der Waals surface area contributed by atoms with Gasteiger partial charge in [-0.3, -0.25) is 0 Å². The van der Waals surface area contributed by atoms with Crippen LogP contribution in [0.4, 0.5) is 0 Å². The van der Waals surface area contributed by atoms with Crippen molar-refractivity contribution < 1.29 is 8.42 Å². The number of pyridine rings is 1. The number of aromatic nitrogens is 1. The minimum Gasteiger partial charge on any atom is -0.244 e. The van der Waals surface area contributed by atoms with E-state index in [0.29, 0.717) is 0 Å². The zero-order chi connectivity index (χ0) is 15.6. The highest BCUT2D eigenvalue weighted by Crippen LogP contribution is 2.27. The van der Waals surface area contributed by atoms with E-state index < -0.39 is 10.0 Å². The van der Waals surface area contributed by atoms with E-state index in [2.05, 4.69) is 9.71 Å². The maximum atomic E-state index is 12.3. The summed E-state index contributed by atoms with van der Waals surface area (Å²) in [5, 5.41) is 8.68. The van der Waals surface area contributed by atoms with Crippen LogP contribution in [0.1, 0.15) is 34.0 Å². The molecule has 0 aromatic carbocycles. The number of hydrogen-bond acceptors (Lipinski definition) is 5. The molecule has 2 rings (SSSR count). The Bertz CT molecular complexity index is 787. The van der Waals surface area contributed by atoms with E-state index in [1.54, 1.807) is 11.3 Å². The molecule has 2 heterocycles. The van der Waals surface area contributed by atoms with Gasteiger partial charge in [-0.1, -0.05) is 0 Å². The van der Waals surface area contributed by atoms with Crippen molar-refractivity contribution in [2.45, 2.75) is 31.7 Å². The average Bonchev–Trinajstić information content (AvgIpc) is 2.77. The van der Waals surface area contributed by atoms with Gasteiger partial charge in [0.25, 0.3) is 0 Å². The van der Waals surface area contributed by atoms with Crippen molar-refractivity contribution in [3.8, 4) is 6.07 Å². The SMILES string of the molecule is Cc1cc(C(C)NS(=O)(=O)c2ccc(C#N)nc2)c(C)s1. The molecule has 1 unspecified atom stereocenters. The molecule has 0 aliphatic heterocycles. The highest BCUT2D eigenvalue weighted by atomic mass is 32.2. The molecule has 0 saturated carbocycles. The molecule has 1 N–H and O–H groups in total. The van der Waals surface area contributed by atoms with E-state index in [-0.39, 0.29) is 16.6 Å². The molecule has 0 radical (unpaired) electrons. The van der Waals surface area contributed by atoms with Gasteiger partial charge in [0.1, 0.15) is 16.7 Å². The Balaban J connectivity index is 2.24. The fourth-order valence-electron chi connectivity index (χ4n) is 2.05. The van der Waals surface area contributed by atoms with Crippen molar-refractivity contribution in [2.75, 3.05) is 0 Å². The van der Waals surface area contributed by atoms with Gasteiger partial charge in [-0.05, 0) is 44.5 Å². The lowest BCUT2D eigenvalue weighted by atomic mass is 10.1. The highest BCUT2D eigenvalue weighted by Gasteiger charge is 2.20. The summed E-state index contributed by atoms with van der Waals surface area (Å²) in [7, 11) is -3.66. The number of nitriles is 1. The summed E-state index contributed by atoms with van der Waals surface area (Å²) in [4.78, 5) is 6.09. The Morgan fingerprint density at radius 3 is 2.57 bits per heavy atom. The largest absolute Gasteiger partial charge is 0.244 e. The molecule has 0 amide bonds. The molecular formula is C14H15N3O2S2. The Morgan fingerprint density at radius 2 is 2.10 bits per heavy atom. The Morgan fingerprint density at radius 1 is 1.38 bits per heavy atom. The first-order valence-electron chi connectivity index (χ1n) is 6.29. The summed E-state index contributed by atoms with van der Waals surface area (Å²) in [6.07, 6.45) is 1.19. The monoisotopic (exact) mass is 321 g/mol. The smallest absolute Gasteiger partial charge is 0.242 e. The number of sulfonamides is 1. The van der Waals surface area contributed by atoms with Crippen molar-refractivity contribution in [1.82, 2.24) is 9.71 Å². The predicted molar refractivity (Wildman–Crippen MR) is 81.5 cm³/mol. The third-order valence-corrected chi connectivity index (χ3v) is 5.55. The number of rotatable bonds is 4. The number of nitrogens with zero attached hydrogens (tertiary/aromatic N) is 2. The van der Waals surface area contributed by atoms with Gasteiger partial charge in [0.15, 0.2) is 0 Å². The van der Waals surface area contributed by atoms with Gasteiger partial charge in [0.05, 0.1) is 0 Å². The number of aryl methyl sites for hydroxylation is 2. The summed E-state index contributed by atoms with van der Waals surface area (Å²) >= 11 is 1.64. The van der Waals surface area contributed by atoms with E-state index in [1.165, 1.54) is 18.3 Å². The van der Waals surface area contributed by atoms with Crippen molar-refractivity contribution in [3.05, 3.63) is 45.4 Å². The fraction of sp³-hybridized carbons (Fsp3) is 0.286. The van der Waals surface area contributed by atoms with E-state index in [4.69, 9.17) is 5.26 Å². The molecule has 0 fully saturated rings. The Kier molecular flexibility index (Phi) is 4.42. The number of nitrogens with one attached hydrogen (secondary N) is 1. The molecule has 110 valence electrons. The van der Waals surface area contributed by atoms with Gasteiger partial charge in [-0.25, -0.2) is 18.1 Å². The number of thiophene rings is 1. The minimum absolute atomic E-state index is 0.0537. The van der Waals surface area contributed by atoms with Crippen LogP contribution in [-0.2, 0) is 10.0 Å². The van der Waals surface area contributed by atoms with Crippen molar-refractivity contribution in [3.63, 3.8) is 0 Å². The lowest BCUT2D eigenvalue weighted by molar-refractivity contribution is 0.566. The van der Waals surface area contributed by atoms with Crippen LogP contribution in [0.25, 0.3) is 0 Å². The molecule has 1 atom stereocenters. The Labute approximate surface area is 128 Å². The van der Waals surface area contributed by atoms with Crippen LogP contribution >= 0.6 is 11.3 Å². The van der Waals surface area contributed by atoms with Crippen LogP contribution in [-0.4, -0.2) is 13.4 Å². The average molecular weight is 321 g/mol. The van der Waals surface area contributed by atoms with Crippen LogP contribution in [0.2, 0.25) is 0 Å². The molecule has 2 aromatic heterocycles. The minimum atomic E-state index is -3.66. The molecule has 0 aliphatic rings. The molecule has 0 spiro atoms. The van der Waals surface area contributed by atoms with Crippen LogP contribution in [0, 0.1) is 25.2 Å². The van der Waals surface area contributed by atoms with Crippen molar-refractivity contribution in [1.29, 1.82) is 5.26 Å². The highest BCUT2D eigenvalue weighted by molar-refractivity contribution is 7.89. The maximum absolute atomic E-state index is 12.3. The zero-order valence-corrected chi connectivity index (χ0v) is 13.5. The van der Waals surface area contributed by atoms with Crippen LogP contribution in [0.15, 0.2) is 29.3 Å². The summed E-state index contributed by atoms with van der Waals surface area (Å²) in [6, 6.07) is 6.29. The summed E-state index contributed by atoms with van der Waals surface area (Å²) in [6.45, 7) is 5.77. The lowest BCUT2D eigenvalue weighted by Crippen LogP contribution is -2.27. The van der Waals surface area contributed by atoms with Gasteiger partial charge >= 0.3 is 0 Å². The van der Waals surface area contributed by atoms with Gasteiger partial charge in [0, 0.05) is 22.0 Å². The van der Waals surface area contributed by atoms with Crippen molar-refractivity contribution in [2.24, 2.45) is 0 Å². The third kappa shape index (κ3) is 3.47. The Hall–Kier alpha value is -1.75. The summed E-state index contributed by atoms with van der Waals surface area (Å²) < 4.78 is 27.2. The number of hydrogen-bond donors (Lipinski definition) is 1. The third-order valence-electron chi connectivity index (χ3n) is 3.04. The van der Waals surface area contributed by atoms with E-state index in [0.717, 1.165) is 15.3 Å². The molecule has 5 nitrogen and oxygen atoms in total. The molecule has 21 heavy (non-hydrogen) atoms. The van der Waals surface area contributed by atoms with Crippen LogP contribution in [0.3, 0.4) is 0 Å². The van der Waals surface area contributed by atoms with Crippen molar-refractivity contribution >= 4 is 21.4 Å². The second-order valence-corrected chi connectivity index (χ2v) is 7.88. The fourth-order valence-corrected chi connectivity index (χ4v) is 4.24. The normalized spacial score (nSPS) is 12.9. The lowest BCUT2D eigenvalue weighted by Gasteiger charge is -2.14. The molecule has 0 saturated heterocycles. The molecule has 2 aromatic rings. The van der Waals surface area contributed by atoms with Crippen LogP contribution < -0.4 is 4.72 Å². The first-order valence-corrected chi connectivity index (χ1v) is 8.59. The van der Waals surface area contributed by atoms with E-state index >= 15 is 0 Å². The van der Waals surface area contributed by atoms with Gasteiger partial charge in [-0.2, -0.15) is 5.26 Å². The first-order chi connectivity index (χ1) is 9.83. The molecule has 0 bridgehead atoms. The van der Waals surface area contributed by atoms with E-state index in [1.807, 2.05) is 32.9 Å². The zero-order valence-electron chi connectivity index (χ0n) is 11.9. The first kappa shape index (κ1) is 15.6. The predicted octanol–water partition coefficient (Wildman–Crippen LogP) is 2.67. The van der Waals surface area contributed by atoms with E-state index in [9.17, 15) is 8.42 Å². The van der Waals surface area contributed by atoms with Gasteiger partial charge in [-0.15, -0.1) is 11.3 Å². The second-order valence-electron chi connectivity index (χ2n) is 4.70. The molecule has 7 heteroatoms. The summed E-state index contributed by atoms with van der Waals surface area (Å²) in [5.41, 5.74) is 1.16. The second kappa shape index (κ2) is 5.93. The summed E-state index contributed by atoms with van der Waals surface area (Å²) in [5.74, 6) is 0. The van der Waals surface area contributed by atoms with Gasteiger partial charge in [0.2, 0.25) is 10.0 Å².